The van der Waals surface area contributed by atoms with Gasteiger partial charge in [0.2, 0.25) is 0 Å². The van der Waals surface area contributed by atoms with Gasteiger partial charge in [-0.3, -0.25) is 4.79 Å². The van der Waals surface area contributed by atoms with Crippen LogP contribution in [-0.2, 0) is 9.53 Å². The highest BCUT2D eigenvalue weighted by atomic mass is 16.5. The zero-order chi connectivity index (χ0) is 14.4. The van der Waals surface area contributed by atoms with Crippen LogP contribution in [-0.4, -0.2) is 54.9 Å². The van der Waals surface area contributed by atoms with Gasteiger partial charge < -0.3 is 20.1 Å². The maximum Gasteiger partial charge on any atom is 0.317 e. The van der Waals surface area contributed by atoms with Crippen molar-refractivity contribution in [2.75, 3.05) is 32.8 Å². The normalized spacial score (nSPS) is 22.3. The molecule has 2 N–H and O–H groups in total. The van der Waals surface area contributed by atoms with Crippen molar-refractivity contribution in [3.05, 3.63) is 0 Å². The Morgan fingerprint density at radius 1 is 1.15 bits per heavy atom. The van der Waals surface area contributed by atoms with Crippen LogP contribution in [0.5, 0.6) is 0 Å². The number of carbonyl (C=O) groups is 2. The summed E-state index contributed by atoms with van der Waals surface area (Å²) in [7, 11) is 0. The highest BCUT2D eigenvalue weighted by Gasteiger charge is 2.35. The quantitative estimate of drug-likeness (QED) is 0.819. The van der Waals surface area contributed by atoms with Crippen molar-refractivity contribution in [3.8, 4) is 0 Å². The lowest BCUT2D eigenvalue weighted by atomic mass is 9.72. The van der Waals surface area contributed by atoms with E-state index in [0.717, 1.165) is 25.7 Å². The first-order chi connectivity index (χ1) is 9.61. The molecule has 2 aliphatic rings. The van der Waals surface area contributed by atoms with Gasteiger partial charge in [0.15, 0.2) is 0 Å². The van der Waals surface area contributed by atoms with Crippen LogP contribution in [0.15, 0.2) is 0 Å². The average molecular weight is 284 g/mol. The summed E-state index contributed by atoms with van der Waals surface area (Å²) in [5.41, 5.74) is -0.258. The minimum Gasteiger partial charge on any atom is -0.481 e. The number of nitrogens with one attached hydrogen (secondary N) is 1. The first-order valence-electron chi connectivity index (χ1n) is 7.44. The smallest absolute Gasteiger partial charge is 0.317 e. The van der Waals surface area contributed by atoms with Crippen LogP contribution in [0.1, 0.15) is 38.5 Å². The molecule has 6 nitrogen and oxygen atoms in total. The molecule has 6 heteroatoms. The average Bonchev–Trinajstić information content (AvgIpc) is 2.46. The summed E-state index contributed by atoms with van der Waals surface area (Å²) in [6.45, 7) is 2.84. The number of carboxylic acid groups (broad SMARTS) is 1. The molecule has 0 bridgehead atoms. The van der Waals surface area contributed by atoms with E-state index in [4.69, 9.17) is 9.84 Å². The second kappa shape index (κ2) is 6.92. The van der Waals surface area contributed by atoms with Crippen LogP contribution in [0.25, 0.3) is 0 Å². The van der Waals surface area contributed by atoms with E-state index < -0.39 is 5.97 Å². The molecule has 1 aliphatic heterocycles. The lowest BCUT2D eigenvalue weighted by Gasteiger charge is -2.37. The van der Waals surface area contributed by atoms with Crippen LogP contribution in [0.2, 0.25) is 0 Å². The van der Waals surface area contributed by atoms with Gasteiger partial charge in [-0.15, -0.1) is 0 Å². The van der Waals surface area contributed by atoms with Crippen molar-refractivity contribution < 1.29 is 19.4 Å². The van der Waals surface area contributed by atoms with E-state index in [-0.39, 0.29) is 17.9 Å². The minimum absolute atomic E-state index is 0.0939. The van der Waals surface area contributed by atoms with Crippen molar-refractivity contribution in [1.29, 1.82) is 0 Å². The maximum atomic E-state index is 12.1. The molecule has 0 atom stereocenters. The Balaban J connectivity index is 1.87. The fraction of sp³-hybridized carbons (Fsp3) is 0.857. The van der Waals surface area contributed by atoms with Gasteiger partial charge in [0.1, 0.15) is 0 Å². The highest BCUT2D eigenvalue weighted by molar-refractivity contribution is 5.74. The number of carboxylic acids is 1. The second-order valence-corrected chi connectivity index (χ2v) is 5.89. The Labute approximate surface area is 119 Å². The molecule has 0 unspecified atom stereocenters. The summed E-state index contributed by atoms with van der Waals surface area (Å²) >= 11 is 0. The van der Waals surface area contributed by atoms with E-state index in [1.165, 1.54) is 6.42 Å². The SMILES string of the molecule is O=C(O)CC1(CNC(=O)N2CCOCC2)CCCCC1. The number of nitrogens with zero attached hydrogens (tertiary/aromatic N) is 1. The molecule has 0 aromatic rings. The largest absolute Gasteiger partial charge is 0.481 e. The number of rotatable bonds is 4. The van der Waals surface area contributed by atoms with Gasteiger partial charge in [-0.25, -0.2) is 4.79 Å². The maximum absolute atomic E-state index is 12.1. The third-order valence-electron chi connectivity index (χ3n) is 4.35. The number of carbonyl (C=O) groups excluding carboxylic acids is 1. The molecule has 1 aliphatic carbocycles. The number of aliphatic carboxylic acids is 1. The Bertz CT molecular complexity index is 347. The molecule has 2 rings (SSSR count). The van der Waals surface area contributed by atoms with E-state index >= 15 is 0 Å². The molecular formula is C14H24N2O4. The molecule has 0 radical (unpaired) electrons. The molecule has 0 aromatic carbocycles. The first kappa shape index (κ1) is 15.1. The molecule has 2 fully saturated rings. The second-order valence-electron chi connectivity index (χ2n) is 5.89. The van der Waals surface area contributed by atoms with Crippen molar-refractivity contribution in [3.63, 3.8) is 0 Å². The molecule has 0 spiro atoms. The lowest BCUT2D eigenvalue weighted by molar-refractivity contribution is -0.140. The first-order valence-corrected chi connectivity index (χ1v) is 7.44. The summed E-state index contributed by atoms with van der Waals surface area (Å²) < 4.78 is 5.22. The fourth-order valence-electron chi connectivity index (χ4n) is 3.18. The van der Waals surface area contributed by atoms with E-state index in [2.05, 4.69) is 5.32 Å². The Kier molecular flexibility index (Phi) is 5.23. The van der Waals surface area contributed by atoms with Crippen LogP contribution in [0, 0.1) is 5.41 Å². The summed E-state index contributed by atoms with van der Waals surface area (Å²) in [6.07, 6.45) is 5.21. The molecule has 0 aromatic heterocycles. The number of morpholine rings is 1. The molecule has 1 heterocycles. The van der Waals surface area contributed by atoms with E-state index in [1.54, 1.807) is 4.90 Å². The standard InChI is InChI=1S/C14H24N2O4/c17-12(18)10-14(4-2-1-3-5-14)11-15-13(19)16-6-8-20-9-7-16/h1-11H2,(H,15,19)(H,17,18). The summed E-state index contributed by atoms with van der Waals surface area (Å²) in [6, 6.07) is -0.0939. The van der Waals surface area contributed by atoms with E-state index in [9.17, 15) is 9.59 Å². The molecule has 114 valence electrons. The lowest BCUT2D eigenvalue weighted by Crippen LogP contribution is -2.49. The van der Waals surface area contributed by atoms with Crippen molar-refractivity contribution >= 4 is 12.0 Å². The van der Waals surface area contributed by atoms with Crippen molar-refractivity contribution in [2.45, 2.75) is 38.5 Å². The van der Waals surface area contributed by atoms with Gasteiger partial charge in [0.05, 0.1) is 19.6 Å². The molecule has 20 heavy (non-hydrogen) atoms. The van der Waals surface area contributed by atoms with Gasteiger partial charge >= 0.3 is 12.0 Å². The summed E-state index contributed by atoms with van der Waals surface area (Å²) in [5, 5.41) is 12.0. The fourth-order valence-corrected chi connectivity index (χ4v) is 3.18. The summed E-state index contributed by atoms with van der Waals surface area (Å²) in [4.78, 5) is 24.9. The van der Waals surface area contributed by atoms with Crippen molar-refractivity contribution in [1.82, 2.24) is 10.2 Å². The monoisotopic (exact) mass is 284 g/mol. The van der Waals surface area contributed by atoms with Crippen LogP contribution >= 0.6 is 0 Å². The topological polar surface area (TPSA) is 78.9 Å². The summed E-state index contributed by atoms with van der Waals surface area (Å²) in [5.74, 6) is -0.771. The van der Waals surface area contributed by atoms with Crippen LogP contribution in [0.4, 0.5) is 4.79 Å². The zero-order valence-electron chi connectivity index (χ0n) is 11.9. The Morgan fingerprint density at radius 3 is 2.40 bits per heavy atom. The van der Waals surface area contributed by atoms with Gasteiger partial charge in [0, 0.05) is 19.6 Å². The number of ether oxygens (including phenoxy) is 1. The predicted octanol–water partition coefficient (Wildman–Crippen LogP) is 1.45. The van der Waals surface area contributed by atoms with Crippen LogP contribution in [0.3, 0.4) is 0 Å². The third-order valence-corrected chi connectivity index (χ3v) is 4.35. The highest BCUT2D eigenvalue weighted by Crippen LogP contribution is 2.38. The number of hydrogen-bond acceptors (Lipinski definition) is 3. The zero-order valence-corrected chi connectivity index (χ0v) is 11.9. The van der Waals surface area contributed by atoms with Gasteiger partial charge in [-0.1, -0.05) is 19.3 Å². The molecule has 1 saturated heterocycles. The van der Waals surface area contributed by atoms with E-state index in [0.29, 0.717) is 32.8 Å². The molecule has 2 amide bonds. The van der Waals surface area contributed by atoms with Gasteiger partial charge in [-0.05, 0) is 18.3 Å². The molecular weight excluding hydrogens is 260 g/mol. The van der Waals surface area contributed by atoms with E-state index in [1.807, 2.05) is 0 Å². The Morgan fingerprint density at radius 2 is 1.80 bits per heavy atom. The van der Waals surface area contributed by atoms with Gasteiger partial charge in [0.25, 0.3) is 0 Å². The Hall–Kier alpha value is -1.30. The third kappa shape index (κ3) is 4.10. The van der Waals surface area contributed by atoms with Gasteiger partial charge in [-0.2, -0.15) is 0 Å². The minimum atomic E-state index is -0.771. The number of amides is 2. The molecule has 1 saturated carbocycles. The number of urea groups is 1. The predicted molar refractivity (Wildman–Crippen MR) is 73.6 cm³/mol. The van der Waals surface area contributed by atoms with Crippen molar-refractivity contribution in [2.24, 2.45) is 5.41 Å². The van der Waals surface area contributed by atoms with Crippen LogP contribution < -0.4 is 5.32 Å². The number of hydrogen-bond donors (Lipinski definition) is 2.